The van der Waals surface area contributed by atoms with Gasteiger partial charge in [-0.1, -0.05) is 30.2 Å². The number of rotatable bonds is 3. The second-order valence-electron chi connectivity index (χ2n) is 9.35. The lowest BCUT2D eigenvalue weighted by Crippen LogP contribution is -2.45. The molecule has 0 unspecified atom stereocenters. The van der Waals surface area contributed by atoms with Gasteiger partial charge in [-0.25, -0.2) is 0 Å². The highest BCUT2D eigenvalue weighted by molar-refractivity contribution is 6.30. The average molecular weight is 387 g/mol. The fourth-order valence-electron chi connectivity index (χ4n) is 5.57. The van der Waals surface area contributed by atoms with Crippen LogP contribution in [0.25, 0.3) is 0 Å². The van der Waals surface area contributed by atoms with Crippen LogP contribution in [0.2, 0.25) is 5.02 Å². The van der Waals surface area contributed by atoms with E-state index in [-0.39, 0.29) is 11.3 Å². The summed E-state index contributed by atoms with van der Waals surface area (Å²) < 4.78 is 0. The van der Waals surface area contributed by atoms with Crippen LogP contribution in [0.4, 0.5) is 0 Å². The Kier molecular flexibility index (Phi) is 4.05. The molecule has 0 aromatic heterocycles. The molecule has 0 radical (unpaired) electrons. The topological polar surface area (TPSA) is 40.6 Å². The molecule has 5 heteroatoms. The largest absolute Gasteiger partial charge is 0.342 e. The molecule has 27 heavy (non-hydrogen) atoms. The Hall–Kier alpha value is -1.55. The molecule has 2 aliphatic carbocycles. The van der Waals surface area contributed by atoms with Crippen molar-refractivity contribution in [2.45, 2.75) is 51.5 Å². The first-order chi connectivity index (χ1) is 13.0. The summed E-state index contributed by atoms with van der Waals surface area (Å²) in [7, 11) is 0. The second-order valence-corrected chi connectivity index (χ2v) is 9.79. The molecule has 1 aromatic rings. The number of piperidine rings is 1. The number of carbonyl (C=O) groups is 2. The zero-order chi connectivity index (χ0) is 18.6. The Morgan fingerprint density at radius 3 is 2.41 bits per heavy atom. The van der Waals surface area contributed by atoms with Crippen LogP contribution in [0, 0.1) is 16.7 Å². The highest BCUT2D eigenvalue weighted by atomic mass is 35.5. The summed E-state index contributed by atoms with van der Waals surface area (Å²) in [6, 6.07) is 7.75. The van der Waals surface area contributed by atoms with Gasteiger partial charge in [-0.15, -0.1) is 0 Å². The van der Waals surface area contributed by atoms with Gasteiger partial charge in [0.15, 0.2) is 0 Å². The Labute approximate surface area is 165 Å². The number of halogens is 1. The molecule has 2 saturated heterocycles. The monoisotopic (exact) mass is 386 g/mol. The maximum Gasteiger partial charge on any atom is 0.226 e. The highest BCUT2D eigenvalue weighted by Crippen LogP contribution is 2.66. The van der Waals surface area contributed by atoms with Crippen molar-refractivity contribution in [3.8, 4) is 0 Å². The van der Waals surface area contributed by atoms with E-state index in [4.69, 9.17) is 11.6 Å². The molecule has 2 aliphatic heterocycles. The van der Waals surface area contributed by atoms with E-state index in [0.29, 0.717) is 30.2 Å². The van der Waals surface area contributed by atoms with Crippen molar-refractivity contribution in [1.82, 2.24) is 9.80 Å². The first kappa shape index (κ1) is 17.5. The van der Waals surface area contributed by atoms with Gasteiger partial charge in [0, 0.05) is 49.0 Å². The zero-order valence-corrected chi connectivity index (χ0v) is 16.5. The van der Waals surface area contributed by atoms with Crippen molar-refractivity contribution in [3.63, 3.8) is 0 Å². The lowest BCUT2D eigenvalue weighted by Gasteiger charge is -2.39. The van der Waals surface area contributed by atoms with Crippen LogP contribution in [0.1, 0.15) is 50.5 Å². The van der Waals surface area contributed by atoms with E-state index in [2.05, 4.69) is 4.90 Å². The second kappa shape index (κ2) is 6.23. The molecule has 1 aromatic carbocycles. The molecular weight excluding hydrogens is 360 g/mol. The fourth-order valence-corrected chi connectivity index (χ4v) is 5.70. The van der Waals surface area contributed by atoms with Crippen molar-refractivity contribution in [2.75, 3.05) is 19.6 Å². The molecule has 2 spiro atoms. The zero-order valence-electron chi connectivity index (χ0n) is 15.8. The number of hydrogen-bond donors (Lipinski definition) is 0. The molecule has 4 fully saturated rings. The number of carbonyl (C=O) groups excluding carboxylic acids is 2. The first-order valence-electron chi connectivity index (χ1n) is 10.3. The molecule has 2 amide bonds. The molecule has 144 valence electrons. The predicted molar refractivity (Wildman–Crippen MR) is 104 cm³/mol. The SMILES string of the molecule is O=C1CC2(CCN(C(=O)[C@H]3CC34CCC4)CC2)CN1Cc1ccc(Cl)cc1. The van der Waals surface area contributed by atoms with Gasteiger partial charge in [-0.2, -0.15) is 0 Å². The van der Waals surface area contributed by atoms with Gasteiger partial charge >= 0.3 is 0 Å². The molecule has 4 nitrogen and oxygen atoms in total. The third-order valence-electron chi connectivity index (χ3n) is 7.66. The Balaban J connectivity index is 1.18. The third kappa shape index (κ3) is 3.06. The van der Waals surface area contributed by atoms with Crippen LogP contribution in [0.15, 0.2) is 24.3 Å². The fraction of sp³-hybridized carbons (Fsp3) is 0.636. The van der Waals surface area contributed by atoms with Crippen molar-refractivity contribution in [3.05, 3.63) is 34.9 Å². The van der Waals surface area contributed by atoms with Gasteiger partial charge in [-0.05, 0) is 55.2 Å². The van der Waals surface area contributed by atoms with E-state index in [1.165, 1.54) is 19.3 Å². The van der Waals surface area contributed by atoms with Crippen LogP contribution < -0.4 is 0 Å². The summed E-state index contributed by atoms with van der Waals surface area (Å²) in [5, 5.41) is 0.722. The molecule has 5 rings (SSSR count). The minimum Gasteiger partial charge on any atom is -0.342 e. The number of likely N-dealkylation sites (tertiary alicyclic amines) is 2. The molecule has 4 aliphatic rings. The van der Waals surface area contributed by atoms with E-state index >= 15 is 0 Å². The maximum atomic E-state index is 12.8. The molecule has 0 bridgehead atoms. The molecule has 2 heterocycles. The van der Waals surface area contributed by atoms with Gasteiger partial charge in [0.1, 0.15) is 0 Å². The maximum absolute atomic E-state index is 12.8. The molecular formula is C22H27ClN2O2. The van der Waals surface area contributed by atoms with Gasteiger partial charge in [0.25, 0.3) is 0 Å². The summed E-state index contributed by atoms with van der Waals surface area (Å²) >= 11 is 5.96. The van der Waals surface area contributed by atoms with Crippen LogP contribution >= 0.6 is 11.6 Å². The predicted octanol–water partition coefficient (Wildman–Crippen LogP) is 3.87. The lowest BCUT2D eigenvalue weighted by atomic mass is 9.77. The standard InChI is InChI=1S/C22H27ClN2O2/c23-17-4-2-16(3-5-17)14-25-15-21(13-19(25)26)8-10-24(11-9-21)20(27)18-12-22(18)6-1-7-22/h2-5,18H,1,6-15H2/t18-/m1/s1. The lowest BCUT2D eigenvalue weighted by molar-refractivity contribution is -0.136. The molecule has 2 saturated carbocycles. The van der Waals surface area contributed by atoms with Crippen molar-refractivity contribution < 1.29 is 9.59 Å². The number of benzene rings is 1. The quantitative estimate of drug-likeness (QED) is 0.791. The third-order valence-corrected chi connectivity index (χ3v) is 7.92. The van der Waals surface area contributed by atoms with E-state index in [1.54, 1.807) is 0 Å². The van der Waals surface area contributed by atoms with E-state index in [1.807, 2.05) is 29.2 Å². The first-order valence-corrected chi connectivity index (χ1v) is 10.7. The number of amides is 2. The number of nitrogens with zero attached hydrogens (tertiary/aromatic N) is 2. The summed E-state index contributed by atoms with van der Waals surface area (Å²) in [4.78, 5) is 29.5. The van der Waals surface area contributed by atoms with E-state index in [0.717, 1.165) is 49.5 Å². The van der Waals surface area contributed by atoms with Crippen LogP contribution in [0.3, 0.4) is 0 Å². The van der Waals surface area contributed by atoms with Crippen LogP contribution in [-0.2, 0) is 16.1 Å². The Morgan fingerprint density at radius 1 is 1.11 bits per heavy atom. The Bertz CT molecular complexity index is 763. The van der Waals surface area contributed by atoms with E-state index < -0.39 is 0 Å². The minimum absolute atomic E-state index is 0.0675. The normalized spacial score (nSPS) is 27.9. The van der Waals surface area contributed by atoms with Crippen molar-refractivity contribution in [2.24, 2.45) is 16.7 Å². The summed E-state index contributed by atoms with van der Waals surface area (Å²) in [5.74, 6) is 0.958. The summed E-state index contributed by atoms with van der Waals surface area (Å²) in [6.07, 6.45) is 7.50. The van der Waals surface area contributed by atoms with Gasteiger partial charge in [-0.3, -0.25) is 9.59 Å². The smallest absolute Gasteiger partial charge is 0.226 e. The number of hydrogen-bond acceptors (Lipinski definition) is 2. The van der Waals surface area contributed by atoms with Crippen LogP contribution in [0.5, 0.6) is 0 Å². The van der Waals surface area contributed by atoms with Gasteiger partial charge in [0.05, 0.1) is 0 Å². The van der Waals surface area contributed by atoms with E-state index in [9.17, 15) is 9.59 Å². The highest BCUT2D eigenvalue weighted by Gasteiger charge is 2.62. The van der Waals surface area contributed by atoms with Gasteiger partial charge < -0.3 is 9.80 Å². The van der Waals surface area contributed by atoms with Crippen molar-refractivity contribution >= 4 is 23.4 Å². The molecule has 0 N–H and O–H groups in total. The summed E-state index contributed by atoms with van der Waals surface area (Å²) in [5.41, 5.74) is 1.60. The van der Waals surface area contributed by atoms with Gasteiger partial charge in [0.2, 0.25) is 11.8 Å². The minimum atomic E-state index is 0.0675. The molecule has 1 atom stereocenters. The average Bonchev–Trinajstić information content (AvgIpc) is 3.33. The van der Waals surface area contributed by atoms with Crippen LogP contribution in [-0.4, -0.2) is 41.2 Å². The van der Waals surface area contributed by atoms with Crippen molar-refractivity contribution in [1.29, 1.82) is 0 Å². The summed E-state index contributed by atoms with van der Waals surface area (Å²) in [6.45, 7) is 3.13. The Morgan fingerprint density at radius 2 is 1.81 bits per heavy atom.